The zero-order valence-corrected chi connectivity index (χ0v) is 20.9. The summed E-state index contributed by atoms with van der Waals surface area (Å²) < 4.78 is 5.59. The normalized spacial score (nSPS) is 15.9. The second kappa shape index (κ2) is 13.6. The second-order valence-corrected chi connectivity index (χ2v) is 9.29. The molecule has 0 saturated carbocycles. The van der Waals surface area contributed by atoms with Gasteiger partial charge in [0, 0.05) is 48.7 Å². The van der Waals surface area contributed by atoms with Crippen molar-refractivity contribution in [2.24, 2.45) is 0 Å². The maximum atomic E-state index is 5.59. The molecule has 2 N–H and O–H groups in total. The van der Waals surface area contributed by atoms with Crippen LogP contribution in [0.15, 0.2) is 66.2 Å². The molecule has 4 rings (SSSR count). The molecule has 1 aliphatic rings. The Morgan fingerprint density at radius 3 is 2.52 bits per heavy atom. The fraction of sp³-hybridized carbons (Fsp3) is 0.423. The SMILES string of the molecule is COc1ccccc1CNC(CNc1nccs1)C(CN1CCCCC1)c1ccccc1.Cl. The number of methoxy groups -OCH3 is 1. The molecule has 1 aliphatic heterocycles. The molecule has 2 heterocycles. The van der Waals surface area contributed by atoms with E-state index in [4.69, 9.17) is 4.74 Å². The highest BCUT2D eigenvalue weighted by Crippen LogP contribution is 2.25. The summed E-state index contributed by atoms with van der Waals surface area (Å²) >= 11 is 1.65. The van der Waals surface area contributed by atoms with Crippen LogP contribution in [0.25, 0.3) is 0 Å². The van der Waals surface area contributed by atoms with Gasteiger partial charge in [0.25, 0.3) is 0 Å². The third-order valence-corrected chi connectivity index (χ3v) is 7.00. The van der Waals surface area contributed by atoms with Gasteiger partial charge in [0.05, 0.1) is 7.11 Å². The lowest BCUT2D eigenvalue weighted by molar-refractivity contribution is 0.202. The van der Waals surface area contributed by atoms with Gasteiger partial charge in [0.15, 0.2) is 5.13 Å². The average Bonchev–Trinajstić information content (AvgIpc) is 3.38. The number of rotatable bonds is 11. The number of hydrogen-bond donors (Lipinski definition) is 2. The van der Waals surface area contributed by atoms with E-state index in [1.807, 2.05) is 23.7 Å². The summed E-state index contributed by atoms with van der Waals surface area (Å²) in [7, 11) is 1.74. The molecule has 2 aromatic carbocycles. The van der Waals surface area contributed by atoms with Crippen LogP contribution in [-0.2, 0) is 6.54 Å². The van der Waals surface area contributed by atoms with Crippen molar-refractivity contribution in [2.45, 2.75) is 37.8 Å². The third kappa shape index (κ3) is 7.44. The zero-order valence-electron chi connectivity index (χ0n) is 19.3. The van der Waals surface area contributed by atoms with Crippen molar-refractivity contribution in [3.8, 4) is 5.75 Å². The predicted octanol–water partition coefficient (Wildman–Crippen LogP) is 5.41. The number of thiazole rings is 1. The zero-order chi connectivity index (χ0) is 22.0. The number of para-hydroxylation sites is 1. The van der Waals surface area contributed by atoms with Gasteiger partial charge >= 0.3 is 0 Å². The van der Waals surface area contributed by atoms with Gasteiger partial charge in [0.2, 0.25) is 0 Å². The Hall–Kier alpha value is -2.12. The summed E-state index contributed by atoms with van der Waals surface area (Å²) in [6.07, 6.45) is 5.82. The molecule has 5 nitrogen and oxygen atoms in total. The minimum atomic E-state index is 0. The van der Waals surface area contributed by atoms with Gasteiger partial charge in [-0.05, 0) is 37.6 Å². The van der Waals surface area contributed by atoms with E-state index in [0.717, 1.165) is 30.5 Å². The van der Waals surface area contributed by atoms with E-state index in [1.165, 1.54) is 43.5 Å². The van der Waals surface area contributed by atoms with E-state index < -0.39 is 0 Å². The van der Waals surface area contributed by atoms with Crippen molar-refractivity contribution in [1.29, 1.82) is 0 Å². The largest absolute Gasteiger partial charge is 0.496 e. The number of aromatic nitrogens is 1. The van der Waals surface area contributed by atoms with Crippen LogP contribution in [0.4, 0.5) is 5.13 Å². The van der Waals surface area contributed by atoms with Crippen molar-refractivity contribution in [1.82, 2.24) is 15.2 Å². The topological polar surface area (TPSA) is 49.4 Å². The van der Waals surface area contributed by atoms with Crippen LogP contribution in [0.2, 0.25) is 0 Å². The van der Waals surface area contributed by atoms with Gasteiger partial charge in [-0.3, -0.25) is 0 Å². The molecule has 7 heteroatoms. The molecule has 1 fully saturated rings. The van der Waals surface area contributed by atoms with Crippen LogP contribution in [0.5, 0.6) is 5.75 Å². The lowest BCUT2D eigenvalue weighted by atomic mass is 9.89. The molecular formula is C26H35ClN4OS. The van der Waals surface area contributed by atoms with E-state index in [-0.39, 0.29) is 18.4 Å². The highest BCUT2D eigenvalue weighted by Gasteiger charge is 2.26. The van der Waals surface area contributed by atoms with E-state index in [9.17, 15) is 0 Å². The molecule has 33 heavy (non-hydrogen) atoms. The standard InChI is InChI=1S/C26H34N4OS.ClH/c1-31-25-13-7-6-12-22(25)18-28-24(19-29-26-27-14-17-32-26)23(21-10-4-2-5-11-21)20-30-15-8-3-9-16-30;/h2,4-7,10-14,17,23-24,28H,3,8-9,15-16,18-20H2,1H3,(H,27,29);1H. The first kappa shape index (κ1) is 25.5. The quantitative estimate of drug-likeness (QED) is 0.379. The Bertz CT molecular complexity index is 919. The van der Waals surface area contributed by atoms with Crippen molar-refractivity contribution in [3.05, 3.63) is 77.3 Å². The summed E-state index contributed by atoms with van der Waals surface area (Å²) in [5.41, 5.74) is 2.57. The van der Waals surface area contributed by atoms with Crippen molar-refractivity contribution < 1.29 is 4.74 Å². The molecule has 0 aliphatic carbocycles. The number of anilines is 1. The molecule has 2 unspecified atom stereocenters. The minimum absolute atomic E-state index is 0. The number of halogens is 1. The van der Waals surface area contributed by atoms with Gasteiger partial charge in [0.1, 0.15) is 5.75 Å². The van der Waals surface area contributed by atoms with Crippen LogP contribution in [0.1, 0.15) is 36.3 Å². The van der Waals surface area contributed by atoms with Crippen molar-refractivity contribution in [3.63, 3.8) is 0 Å². The number of piperidine rings is 1. The maximum absolute atomic E-state index is 5.59. The van der Waals surface area contributed by atoms with Gasteiger partial charge in [-0.2, -0.15) is 0 Å². The molecular weight excluding hydrogens is 452 g/mol. The molecule has 1 saturated heterocycles. The van der Waals surface area contributed by atoms with Crippen molar-refractivity contribution >= 4 is 28.9 Å². The molecule has 3 aromatic rings. The second-order valence-electron chi connectivity index (χ2n) is 8.40. The average molecular weight is 487 g/mol. The van der Waals surface area contributed by atoms with E-state index >= 15 is 0 Å². The Morgan fingerprint density at radius 1 is 1.03 bits per heavy atom. The fourth-order valence-electron chi connectivity index (χ4n) is 4.54. The number of nitrogens with one attached hydrogen (secondary N) is 2. The fourth-order valence-corrected chi connectivity index (χ4v) is 5.08. The molecule has 2 atom stereocenters. The Kier molecular flexibility index (Phi) is 10.5. The molecule has 1 aromatic heterocycles. The summed E-state index contributed by atoms with van der Waals surface area (Å²) in [6, 6.07) is 19.5. The van der Waals surface area contributed by atoms with Crippen LogP contribution in [0.3, 0.4) is 0 Å². The molecule has 0 radical (unpaired) electrons. The summed E-state index contributed by atoms with van der Waals surface area (Å²) in [5, 5.41) is 10.4. The van der Waals surface area contributed by atoms with Crippen LogP contribution >= 0.6 is 23.7 Å². The van der Waals surface area contributed by atoms with Crippen LogP contribution in [0, 0.1) is 0 Å². The first-order chi connectivity index (χ1) is 15.8. The summed E-state index contributed by atoms with van der Waals surface area (Å²) in [6.45, 7) is 5.03. The van der Waals surface area contributed by atoms with Gasteiger partial charge < -0.3 is 20.3 Å². The summed E-state index contributed by atoms with van der Waals surface area (Å²) in [4.78, 5) is 7.07. The Morgan fingerprint density at radius 2 is 1.79 bits per heavy atom. The third-order valence-electron chi connectivity index (χ3n) is 6.27. The van der Waals surface area contributed by atoms with E-state index in [2.05, 4.69) is 63.0 Å². The Labute approximate surface area is 208 Å². The van der Waals surface area contributed by atoms with Gasteiger partial charge in [-0.1, -0.05) is 55.0 Å². The van der Waals surface area contributed by atoms with Gasteiger partial charge in [-0.15, -0.1) is 23.7 Å². The van der Waals surface area contributed by atoms with E-state index in [1.54, 1.807) is 18.4 Å². The number of hydrogen-bond acceptors (Lipinski definition) is 6. The number of nitrogens with zero attached hydrogens (tertiary/aromatic N) is 2. The Balaban J connectivity index is 0.00000306. The van der Waals surface area contributed by atoms with Crippen LogP contribution in [-0.4, -0.2) is 49.2 Å². The first-order valence-electron chi connectivity index (χ1n) is 11.6. The molecule has 0 bridgehead atoms. The lowest BCUT2D eigenvalue weighted by Gasteiger charge is -2.35. The minimum Gasteiger partial charge on any atom is -0.496 e. The lowest BCUT2D eigenvalue weighted by Crippen LogP contribution is -2.45. The monoisotopic (exact) mass is 486 g/mol. The molecule has 178 valence electrons. The highest BCUT2D eigenvalue weighted by molar-refractivity contribution is 7.13. The van der Waals surface area contributed by atoms with Crippen molar-refractivity contribution in [2.75, 3.05) is 38.6 Å². The predicted molar refractivity (Wildman–Crippen MR) is 141 cm³/mol. The summed E-state index contributed by atoms with van der Waals surface area (Å²) in [5.74, 6) is 1.30. The molecule has 0 spiro atoms. The molecule has 0 amide bonds. The highest BCUT2D eigenvalue weighted by atomic mass is 35.5. The number of benzene rings is 2. The van der Waals surface area contributed by atoms with E-state index in [0.29, 0.717) is 5.92 Å². The van der Waals surface area contributed by atoms with Gasteiger partial charge in [-0.25, -0.2) is 4.98 Å². The smallest absolute Gasteiger partial charge is 0.182 e. The number of likely N-dealkylation sites (tertiary alicyclic amines) is 1. The van der Waals surface area contributed by atoms with Crippen LogP contribution < -0.4 is 15.4 Å². The number of ether oxygens (including phenoxy) is 1. The maximum Gasteiger partial charge on any atom is 0.182 e. The first-order valence-corrected chi connectivity index (χ1v) is 12.5.